The number of amides is 1. The summed E-state index contributed by atoms with van der Waals surface area (Å²) < 4.78 is 5.71. The molecule has 1 aliphatic heterocycles. The molecule has 1 aromatic rings. The highest BCUT2D eigenvalue weighted by atomic mass is 35.5. The number of hydrogen-bond donors (Lipinski definition) is 1. The van der Waals surface area contributed by atoms with Gasteiger partial charge >= 0.3 is 6.09 Å². The summed E-state index contributed by atoms with van der Waals surface area (Å²) >= 11 is 5.64. The monoisotopic (exact) mass is 327 g/mol. The highest BCUT2D eigenvalue weighted by Crippen LogP contribution is 2.34. The van der Waals surface area contributed by atoms with E-state index >= 15 is 0 Å². The fraction of sp³-hybridized carbons (Fsp3) is 0.667. The zero-order valence-corrected chi connectivity index (χ0v) is 13.9. The van der Waals surface area contributed by atoms with Crippen LogP contribution in [0.25, 0.3) is 0 Å². The minimum atomic E-state index is -0.842. The SMILES string of the molecule is CC(C)(C)C1CC(COc2cnc(Cl)nc2)CCN1C(=O)O. The maximum absolute atomic E-state index is 11.4. The number of halogens is 1. The van der Waals surface area contributed by atoms with Crippen molar-refractivity contribution in [2.45, 2.75) is 39.7 Å². The smallest absolute Gasteiger partial charge is 0.407 e. The molecule has 1 fully saturated rings. The van der Waals surface area contributed by atoms with Crippen molar-refractivity contribution in [1.82, 2.24) is 14.9 Å². The average Bonchev–Trinajstić information content (AvgIpc) is 2.45. The zero-order chi connectivity index (χ0) is 16.3. The van der Waals surface area contributed by atoms with Crippen molar-refractivity contribution in [1.29, 1.82) is 0 Å². The summed E-state index contributed by atoms with van der Waals surface area (Å²) in [6, 6.07) is -0.00572. The summed E-state index contributed by atoms with van der Waals surface area (Å²) in [4.78, 5) is 20.7. The molecule has 2 atom stereocenters. The second-order valence-corrected chi connectivity index (χ2v) is 7.09. The van der Waals surface area contributed by atoms with E-state index in [0.29, 0.717) is 24.8 Å². The van der Waals surface area contributed by atoms with Crippen LogP contribution in [0.3, 0.4) is 0 Å². The van der Waals surface area contributed by atoms with Gasteiger partial charge in [0.15, 0.2) is 5.75 Å². The van der Waals surface area contributed by atoms with Crippen molar-refractivity contribution in [2.24, 2.45) is 11.3 Å². The Morgan fingerprint density at radius 2 is 2.09 bits per heavy atom. The molecule has 0 aromatic carbocycles. The lowest BCUT2D eigenvalue weighted by atomic mass is 9.77. The first-order valence-corrected chi connectivity index (χ1v) is 7.75. The molecule has 1 aliphatic rings. The van der Waals surface area contributed by atoms with E-state index in [1.165, 1.54) is 0 Å². The van der Waals surface area contributed by atoms with Crippen LogP contribution in [-0.2, 0) is 0 Å². The minimum Gasteiger partial charge on any atom is -0.490 e. The fourth-order valence-corrected chi connectivity index (χ4v) is 2.93. The summed E-state index contributed by atoms with van der Waals surface area (Å²) in [6.45, 7) is 7.30. The van der Waals surface area contributed by atoms with Crippen molar-refractivity contribution in [2.75, 3.05) is 13.2 Å². The number of aromatic nitrogens is 2. The molecule has 0 saturated carbocycles. The van der Waals surface area contributed by atoms with Crippen molar-refractivity contribution >= 4 is 17.7 Å². The Balaban J connectivity index is 1.96. The summed E-state index contributed by atoms with van der Waals surface area (Å²) in [5.41, 5.74) is -0.0968. The Morgan fingerprint density at radius 3 is 2.64 bits per heavy atom. The molecular formula is C15H22ClN3O3. The molecule has 1 amide bonds. The standard InChI is InChI=1S/C15H22ClN3O3/c1-15(2,3)12-6-10(4-5-19(12)14(20)21)9-22-11-7-17-13(16)18-8-11/h7-8,10,12H,4-6,9H2,1-3H3,(H,20,21). The number of piperidine rings is 1. The molecule has 122 valence electrons. The van der Waals surface area contributed by atoms with Gasteiger partial charge in [-0.05, 0) is 35.8 Å². The van der Waals surface area contributed by atoms with Gasteiger partial charge in [-0.1, -0.05) is 20.8 Å². The Hall–Kier alpha value is -1.56. The van der Waals surface area contributed by atoms with Gasteiger partial charge in [-0.15, -0.1) is 0 Å². The molecule has 1 saturated heterocycles. The zero-order valence-electron chi connectivity index (χ0n) is 13.1. The summed E-state index contributed by atoms with van der Waals surface area (Å²) in [5, 5.41) is 9.55. The first kappa shape index (κ1) is 16.8. The Morgan fingerprint density at radius 1 is 1.45 bits per heavy atom. The predicted molar refractivity (Wildman–Crippen MR) is 83.2 cm³/mol. The average molecular weight is 328 g/mol. The van der Waals surface area contributed by atoms with Gasteiger partial charge in [-0.3, -0.25) is 0 Å². The van der Waals surface area contributed by atoms with Gasteiger partial charge in [0.25, 0.3) is 0 Å². The van der Waals surface area contributed by atoms with E-state index in [-0.39, 0.29) is 16.7 Å². The summed E-state index contributed by atoms with van der Waals surface area (Å²) in [6.07, 6.45) is 3.84. The fourth-order valence-electron chi connectivity index (χ4n) is 2.83. The molecule has 0 aliphatic carbocycles. The third-order valence-corrected chi connectivity index (χ3v) is 4.23. The van der Waals surface area contributed by atoms with E-state index in [0.717, 1.165) is 12.8 Å². The number of carboxylic acid groups (broad SMARTS) is 1. The summed E-state index contributed by atoms with van der Waals surface area (Å²) in [5.74, 6) is 0.896. The molecule has 2 rings (SSSR count). The van der Waals surface area contributed by atoms with Crippen LogP contribution in [0.5, 0.6) is 5.75 Å². The first-order valence-electron chi connectivity index (χ1n) is 7.37. The highest BCUT2D eigenvalue weighted by Gasteiger charge is 2.38. The summed E-state index contributed by atoms with van der Waals surface area (Å²) in [7, 11) is 0. The lowest BCUT2D eigenvalue weighted by molar-refractivity contribution is 0.0302. The third kappa shape index (κ3) is 4.22. The molecular weight excluding hydrogens is 306 g/mol. The van der Waals surface area contributed by atoms with Gasteiger partial charge in [-0.2, -0.15) is 0 Å². The maximum atomic E-state index is 11.4. The van der Waals surface area contributed by atoms with E-state index < -0.39 is 6.09 Å². The van der Waals surface area contributed by atoms with E-state index in [2.05, 4.69) is 30.7 Å². The van der Waals surface area contributed by atoms with E-state index in [9.17, 15) is 9.90 Å². The van der Waals surface area contributed by atoms with Crippen molar-refractivity contribution in [3.63, 3.8) is 0 Å². The third-order valence-electron chi connectivity index (χ3n) is 4.04. The molecule has 1 aromatic heterocycles. The van der Waals surface area contributed by atoms with Crippen molar-refractivity contribution in [3.8, 4) is 5.75 Å². The molecule has 6 nitrogen and oxygen atoms in total. The predicted octanol–water partition coefficient (Wildman–Crippen LogP) is 3.31. The van der Waals surface area contributed by atoms with Crippen LogP contribution in [0.2, 0.25) is 5.28 Å². The van der Waals surface area contributed by atoms with E-state index in [1.807, 2.05) is 0 Å². The molecule has 7 heteroatoms. The molecule has 2 heterocycles. The first-order chi connectivity index (χ1) is 10.3. The van der Waals surface area contributed by atoms with Gasteiger partial charge in [0.05, 0.1) is 19.0 Å². The van der Waals surface area contributed by atoms with E-state index in [4.69, 9.17) is 16.3 Å². The lowest BCUT2D eigenvalue weighted by Gasteiger charge is -2.44. The van der Waals surface area contributed by atoms with Crippen LogP contribution in [0, 0.1) is 11.3 Å². The number of nitrogens with zero attached hydrogens (tertiary/aromatic N) is 3. The van der Waals surface area contributed by atoms with Gasteiger partial charge in [0.1, 0.15) is 0 Å². The highest BCUT2D eigenvalue weighted by molar-refractivity contribution is 6.28. The molecule has 0 radical (unpaired) electrons. The van der Waals surface area contributed by atoms with Crippen molar-refractivity contribution in [3.05, 3.63) is 17.7 Å². The molecule has 1 N–H and O–H groups in total. The van der Waals surface area contributed by atoms with Gasteiger partial charge < -0.3 is 14.7 Å². The molecule has 0 spiro atoms. The molecule has 0 bridgehead atoms. The Bertz CT molecular complexity index is 516. The largest absolute Gasteiger partial charge is 0.490 e. The molecule has 22 heavy (non-hydrogen) atoms. The maximum Gasteiger partial charge on any atom is 0.407 e. The van der Waals surface area contributed by atoms with Crippen LogP contribution in [-0.4, -0.2) is 45.3 Å². The quantitative estimate of drug-likeness (QED) is 0.862. The van der Waals surface area contributed by atoms with Crippen LogP contribution >= 0.6 is 11.6 Å². The Kier molecular flexibility index (Phi) is 5.11. The van der Waals surface area contributed by atoms with Gasteiger partial charge in [-0.25, -0.2) is 14.8 Å². The second-order valence-electron chi connectivity index (χ2n) is 6.75. The van der Waals surface area contributed by atoms with Crippen LogP contribution in [0.4, 0.5) is 4.79 Å². The van der Waals surface area contributed by atoms with Crippen molar-refractivity contribution < 1.29 is 14.6 Å². The lowest BCUT2D eigenvalue weighted by Crippen LogP contribution is -2.52. The second kappa shape index (κ2) is 6.69. The Labute approximate surface area is 135 Å². The van der Waals surface area contributed by atoms with E-state index in [1.54, 1.807) is 17.3 Å². The number of hydrogen-bond acceptors (Lipinski definition) is 4. The number of likely N-dealkylation sites (tertiary alicyclic amines) is 1. The number of carbonyl (C=O) groups is 1. The van der Waals surface area contributed by atoms with Gasteiger partial charge in [0, 0.05) is 12.6 Å². The molecule has 2 unspecified atom stereocenters. The number of rotatable bonds is 3. The topological polar surface area (TPSA) is 75.6 Å². The minimum absolute atomic E-state index is 0.00572. The van der Waals surface area contributed by atoms with Gasteiger partial charge in [0.2, 0.25) is 5.28 Å². The van der Waals surface area contributed by atoms with Crippen LogP contribution in [0.15, 0.2) is 12.4 Å². The number of ether oxygens (including phenoxy) is 1. The normalized spacial score (nSPS) is 22.5. The van der Waals surface area contributed by atoms with Crippen LogP contribution in [0.1, 0.15) is 33.6 Å². The van der Waals surface area contributed by atoms with Crippen LogP contribution < -0.4 is 4.74 Å².